The Morgan fingerprint density at radius 1 is 1.38 bits per heavy atom. The van der Waals surface area contributed by atoms with Gasteiger partial charge in [0.15, 0.2) is 0 Å². The lowest BCUT2D eigenvalue weighted by atomic mass is 10.2. The van der Waals surface area contributed by atoms with Crippen molar-refractivity contribution in [2.45, 2.75) is 32.7 Å². The summed E-state index contributed by atoms with van der Waals surface area (Å²) < 4.78 is 9.75. The second-order valence-electron chi connectivity index (χ2n) is 3.54. The molecule has 0 aromatic heterocycles. The number of rotatable bonds is 8. The molecule has 1 atom stereocenters. The minimum Gasteiger partial charge on any atom is -0.466 e. The van der Waals surface area contributed by atoms with Crippen LogP contribution in [0.3, 0.4) is 0 Å². The van der Waals surface area contributed by atoms with Crippen LogP contribution in [0.15, 0.2) is 11.6 Å². The van der Waals surface area contributed by atoms with E-state index < -0.39 is 0 Å². The van der Waals surface area contributed by atoms with Crippen molar-refractivity contribution in [3.05, 3.63) is 11.6 Å². The second kappa shape index (κ2) is 9.36. The molecule has 0 spiro atoms. The zero-order valence-electron chi connectivity index (χ0n) is 10.7. The minimum absolute atomic E-state index is 0.246. The van der Waals surface area contributed by atoms with Crippen LogP contribution in [0.5, 0.6) is 0 Å². The fourth-order valence-corrected chi connectivity index (χ4v) is 1.37. The number of hydrogen-bond acceptors (Lipinski definition) is 4. The van der Waals surface area contributed by atoms with Crippen molar-refractivity contribution in [2.24, 2.45) is 0 Å². The van der Waals surface area contributed by atoms with Gasteiger partial charge in [0.05, 0.1) is 13.7 Å². The molecule has 0 heterocycles. The molecular weight excluding hydrogens is 206 g/mol. The molecule has 0 rings (SSSR count). The normalized spacial score (nSPS) is 13.6. The predicted molar refractivity (Wildman–Crippen MR) is 64.3 cm³/mol. The first kappa shape index (κ1) is 15.1. The van der Waals surface area contributed by atoms with Crippen LogP contribution in [0.2, 0.25) is 0 Å². The molecule has 0 aliphatic heterocycles. The molecule has 0 amide bonds. The Morgan fingerprint density at radius 2 is 2.06 bits per heavy atom. The number of hydrogen-bond donors (Lipinski definition) is 1. The molecule has 0 aromatic carbocycles. The van der Waals surface area contributed by atoms with E-state index >= 15 is 0 Å². The summed E-state index contributed by atoms with van der Waals surface area (Å²) in [5.74, 6) is -0.246. The van der Waals surface area contributed by atoms with Gasteiger partial charge >= 0.3 is 5.97 Å². The number of carbonyl (C=O) groups is 1. The third-order valence-electron chi connectivity index (χ3n) is 2.44. The van der Waals surface area contributed by atoms with E-state index in [1.165, 1.54) is 7.11 Å². The molecule has 16 heavy (non-hydrogen) atoms. The van der Waals surface area contributed by atoms with Gasteiger partial charge in [0, 0.05) is 25.3 Å². The van der Waals surface area contributed by atoms with Gasteiger partial charge in [-0.1, -0.05) is 19.9 Å². The van der Waals surface area contributed by atoms with Gasteiger partial charge in [-0.15, -0.1) is 0 Å². The molecule has 94 valence electrons. The molecule has 0 saturated carbocycles. The summed E-state index contributed by atoms with van der Waals surface area (Å²) in [4.78, 5) is 11.3. The first-order chi connectivity index (χ1) is 7.69. The molecule has 0 radical (unpaired) electrons. The van der Waals surface area contributed by atoms with Crippen LogP contribution in [0, 0.1) is 0 Å². The zero-order valence-corrected chi connectivity index (χ0v) is 10.7. The molecule has 0 aromatic rings. The summed E-state index contributed by atoms with van der Waals surface area (Å²) in [6.07, 6.45) is 3.57. The number of methoxy groups -OCH3 is 2. The van der Waals surface area contributed by atoms with E-state index in [4.69, 9.17) is 4.74 Å². The summed E-state index contributed by atoms with van der Waals surface area (Å²) in [6.45, 7) is 5.39. The molecule has 1 unspecified atom stereocenters. The Bertz CT molecular complexity index is 226. The van der Waals surface area contributed by atoms with E-state index in [2.05, 4.69) is 17.0 Å². The quantitative estimate of drug-likeness (QED) is 0.506. The van der Waals surface area contributed by atoms with Gasteiger partial charge in [-0.2, -0.15) is 0 Å². The smallest absolute Gasteiger partial charge is 0.333 e. The number of esters is 1. The van der Waals surface area contributed by atoms with Gasteiger partial charge in [0.25, 0.3) is 0 Å². The Morgan fingerprint density at radius 3 is 2.50 bits per heavy atom. The Kier molecular flexibility index (Phi) is 8.85. The van der Waals surface area contributed by atoms with Crippen molar-refractivity contribution in [3.63, 3.8) is 0 Å². The molecule has 4 heteroatoms. The van der Waals surface area contributed by atoms with Gasteiger partial charge in [-0.25, -0.2) is 4.79 Å². The monoisotopic (exact) mass is 229 g/mol. The number of nitrogens with one attached hydrogen (secondary N) is 1. The first-order valence-corrected chi connectivity index (χ1v) is 5.69. The average Bonchev–Trinajstić information content (AvgIpc) is 2.32. The van der Waals surface area contributed by atoms with Crippen LogP contribution in [-0.4, -0.2) is 39.4 Å². The van der Waals surface area contributed by atoms with Crippen LogP contribution in [0.1, 0.15) is 26.7 Å². The van der Waals surface area contributed by atoms with Crippen LogP contribution in [0.4, 0.5) is 0 Å². The Hall–Kier alpha value is -0.870. The molecule has 0 aliphatic rings. The van der Waals surface area contributed by atoms with Crippen molar-refractivity contribution in [1.29, 1.82) is 0 Å². The summed E-state index contributed by atoms with van der Waals surface area (Å²) in [6, 6.07) is 0.331. The van der Waals surface area contributed by atoms with Crippen molar-refractivity contribution in [3.8, 4) is 0 Å². The number of ether oxygens (including phenoxy) is 2. The lowest BCUT2D eigenvalue weighted by molar-refractivity contribution is -0.136. The molecule has 0 fully saturated rings. The summed E-state index contributed by atoms with van der Waals surface area (Å²) in [5.41, 5.74) is 0.710. The van der Waals surface area contributed by atoms with Crippen molar-refractivity contribution >= 4 is 5.97 Å². The van der Waals surface area contributed by atoms with Crippen LogP contribution in [-0.2, 0) is 14.3 Å². The van der Waals surface area contributed by atoms with Crippen molar-refractivity contribution in [1.82, 2.24) is 5.32 Å². The van der Waals surface area contributed by atoms with Gasteiger partial charge in [-0.05, 0) is 12.8 Å². The van der Waals surface area contributed by atoms with Crippen LogP contribution in [0.25, 0.3) is 0 Å². The molecule has 0 aliphatic carbocycles. The summed E-state index contributed by atoms with van der Waals surface area (Å²) in [5, 5.41) is 3.30. The Labute approximate surface area is 98.0 Å². The lowest BCUT2D eigenvalue weighted by Crippen LogP contribution is -2.32. The van der Waals surface area contributed by atoms with E-state index in [0.29, 0.717) is 31.2 Å². The van der Waals surface area contributed by atoms with Crippen molar-refractivity contribution in [2.75, 3.05) is 27.4 Å². The maximum Gasteiger partial charge on any atom is 0.333 e. The van der Waals surface area contributed by atoms with Gasteiger partial charge in [-0.3, -0.25) is 0 Å². The zero-order chi connectivity index (χ0) is 12.4. The molecule has 0 saturated heterocycles. The third kappa shape index (κ3) is 5.88. The maximum atomic E-state index is 11.3. The standard InChI is InChI=1S/C12H23NO3/c1-5-10(12(14)16-4)7-8-13-11(6-2)9-15-3/h7,11,13H,5-6,8-9H2,1-4H3/b10-7-. The second-order valence-corrected chi connectivity index (χ2v) is 3.54. The first-order valence-electron chi connectivity index (χ1n) is 5.69. The van der Waals surface area contributed by atoms with E-state index in [9.17, 15) is 4.79 Å². The largest absolute Gasteiger partial charge is 0.466 e. The Balaban J connectivity index is 4.07. The van der Waals surface area contributed by atoms with E-state index in [1.807, 2.05) is 13.0 Å². The average molecular weight is 229 g/mol. The highest BCUT2D eigenvalue weighted by molar-refractivity contribution is 5.88. The third-order valence-corrected chi connectivity index (χ3v) is 2.44. The van der Waals surface area contributed by atoms with Gasteiger partial charge in [0.1, 0.15) is 0 Å². The molecule has 0 bridgehead atoms. The lowest BCUT2D eigenvalue weighted by Gasteiger charge is -2.14. The number of carbonyl (C=O) groups excluding carboxylic acids is 1. The summed E-state index contributed by atoms with van der Waals surface area (Å²) in [7, 11) is 3.09. The molecular formula is C12H23NO3. The predicted octanol–water partition coefficient (Wildman–Crippen LogP) is 1.51. The minimum atomic E-state index is -0.246. The molecule has 1 N–H and O–H groups in total. The fourth-order valence-electron chi connectivity index (χ4n) is 1.37. The van der Waals surface area contributed by atoms with Crippen LogP contribution < -0.4 is 5.32 Å². The van der Waals surface area contributed by atoms with Gasteiger partial charge < -0.3 is 14.8 Å². The van der Waals surface area contributed by atoms with Gasteiger partial charge in [0.2, 0.25) is 0 Å². The van der Waals surface area contributed by atoms with E-state index in [-0.39, 0.29) is 5.97 Å². The van der Waals surface area contributed by atoms with Crippen LogP contribution >= 0.6 is 0 Å². The highest BCUT2D eigenvalue weighted by Crippen LogP contribution is 2.02. The van der Waals surface area contributed by atoms with E-state index in [1.54, 1.807) is 7.11 Å². The highest BCUT2D eigenvalue weighted by atomic mass is 16.5. The summed E-state index contributed by atoms with van der Waals surface area (Å²) >= 11 is 0. The van der Waals surface area contributed by atoms with Crippen molar-refractivity contribution < 1.29 is 14.3 Å². The maximum absolute atomic E-state index is 11.3. The highest BCUT2D eigenvalue weighted by Gasteiger charge is 2.07. The topological polar surface area (TPSA) is 47.6 Å². The fraction of sp³-hybridized carbons (Fsp3) is 0.750. The SMILES string of the molecule is CC/C(=C/CNC(CC)COC)C(=O)OC. The van der Waals surface area contributed by atoms with E-state index in [0.717, 1.165) is 6.42 Å². The molecule has 4 nitrogen and oxygen atoms in total.